The highest BCUT2D eigenvalue weighted by molar-refractivity contribution is 5.22. The van der Waals surface area contributed by atoms with E-state index >= 15 is 0 Å². The van der Waals surface area contributed by atoms with Crippen LogP contribution in [0, 0.1) is 0 Å². The van der Waals surface area contributed by atoms with Crippen LogP contribution in [0.2, 0.25) is 0 Å². The van der Waals surface area contributed by atoms with E-state index in [0.29, 0.717) is 12.2 Å². The number of aromatic nitrogens is 3. The Kier molecular flexibility index (Phi) is 3.48. The van der Waals surface area contributed by atoms with Gasteiger partial charge in [-0.2, -0.15) is 0 Å². The standard InChI is InChI=1S/C14H19N3O/c1-4-11-5-7-12(8-6-11)9-17-10-13(15-16-17)14(2,3)18/h5-8,10,18H,4,9H2,1-3H3. The molecule has 0 saturated heterocycles. The van der Waals surface area contributed by atoms with Crippen LogP contribution < -0.4 is 0 Å². The third-order valence-corrected chi connectivity index (χ3v) is 2.94. The number of nitrogens with zero attached hydrogens (tertiary/aromatic N) is 3. The summed E-state index contributed by atoms with van der Waals surface area (Å²) < 4.78 is 1.74. The van der Waals surface area contributed by atoms with Crippen LogP contribution in [0.3, 0.4) is 0 Å². The molecule has 0 spiro atoms. The lowest BCUT2D eigenvalue weighted by molar-refractivity contribution is 0.0737. The zero-order valence-electron chi connectivity index (χ0n) is 11.1. The Labute approximate surface area is 107 Å². The number of rotatable bonds is 4. The Morgan fingerprint density at radius 1 is 1.17 bits per heavy atom. The first-order chi connectivity index (χ1) is 8.49. The predicted molar refractivity (Wildman–Crippen MR) is 70.2 cm³/mol. The third-order valence-electron chi connectivity index (χ3n) is 2.94. The summed E-state index contributed by atoms with van der Waals surface area (Å²) in [5, 5.41) is 17.8. The van der Waals surface area contributed by atoms with Crippen LogP contribution >= 0.6 is 0 Å². The number of hydrogen-bond acceptors (Lipinski definition) is 3. The second-order valence-electron chi connectivity index (χ2n) is 5.03. The number of aliphatic hydroxyl groups is 1. The Morgan fingerprint density at radius 2 is 1.78 bits per heavy atom. The zero-order valence-corrected chi connectivity index (χ0v) is 11.1. The van der Waals surface area contributed by atoms with Crippen molar-refractivity contribution in [3.05, 3.63) is 47.3 Å². The molecule has 0 atom stereocenters. The van der Waals surface area contributed by atoms with E-state index in [1.807, 2.05) is 0 Å². The van der Waals surface area contributed by atoms with Gasteiger partial charge in [-0.3, -0.25) is 0 Å². The maximum Gasteiger partial charge on any atom is 0.114 e. The van der Waals surface area contributed by atoms with Crippen LogP contribution in [0.1, 0.15) is 37.6 Å². The molecule has 1 heterocycles. The number of benzene rings is 1. The fourth-order valence-electron chi connectivity index (χ4n) is 1.72. The van der Waals surface area contributed by atoms with E-state index in [9.17, 15) is 5.11 Å². The normalized spacial score (nSPS) is 11.8. The molecular formula is C14H19N3O. The molecule has 0 aliphatic carbocycles. The summed E-state index contributed by atoms with van der Waals surface area (Å²) in [5.74, 6) is 0. The number of hydrogen-bond donors (Lipinski definition) is 1. The molecule has 18 heavy (non-hydrogen) atoms. The average molecular weight is 245 g/mol. The van der Waals surface area contributed by atoms with Gasteiger partial charge < -0.3 is 5.11 Å². The average Bonchev–Trinajstić information content (AvgIpc) is 2.78. The van der Waals surface area contributed by atoms with Crippen LogP contribution in [0.5, 0.6) is 0 Å². The molecular weight excluding hydrogens is 226 g/mol. The molecule has 0 aliphatic heterocycles. The van der Waals surface area contributed by atoms with E-state index in [-0.39, 0.29) is 0 Å². The Bertz CT molecular complexity index is 509. The van der Waals surface area contributed by atoms with E-state index in [0.717, 1.165) is 6.42 Å². The summed E-state index contributed by atoms with van der Waals surface area (Å²) in [6, 6.07) is 8.46. The second kappa shape index (κ2) is 4.90. The lowest BCUT2D eigenvalue weighted by Crippen LogP contribution is -2.15. The summed E-state index contributed by atoms with van der Waals surface area (Å²) in [6.07, 6.45) is 2.83. The molecule has 0 radical (unpaired) electrons. The first-order valence-electron chi connectivity index (χ1n) is 6.20. The highest BCUT2D eigenvalue weighted by Crippen LogP contribution is 2.16. The van der Waals surface area contributed by atoms with E-state index in [4.69, 9.17) is 0 Å². The molecule has 1 N–H and O–H groups in total. The summed E-state index contributed by atoms with van der Waals surface area (Å²) in [6.45, 7) is 6.23. The van der Waals surface area contributed by atoms with E-state index in [1.165, 1.54) is 11.1 Å². The molecule has 96 valence electrons. The van der Waals surface area contributed by atoms with Crippen LogP contribution in [0.15, 0.2) is 30.5 Å². The van der Waals surface area contributed by atoms with Gasteiger partial charge in [-0.25, -0.2) is 4.68 Å². The van der Waals surface area contributed by atoms with Gasteiger partial charge in [0.1, 0.15) is 11.3 Å². The largest absolute Gasteiger partial charge is 0.384 e. The summed E-state index contributed by atoms with van der Waals surface area (Å²) >= 11 is 0. The van der Waals surface area contributed by atoms with Crippen LogP contribution in [0.4, 0.5) is 0 Å². The molecule has 2 rings (SSSR count). The molecule has 0 fully saturated rings. The first-order valence-corrected chi connectivity index (χ1v) is 6.20. The lowest BCUT2D eigenvalue weighted by atomic mass is 10.1. The highest BCUT2D eigenvalue weighted by Gasteiger charge is 2.19. The molecule has 4 nitrogen and oxygen atoms in total. The summed E-state index contributed by atoms with van der Waals surface area (Å²) in [5.41, 5.74) is 2.16. The molecule has 4 heteroatoms. The van der Waals surface area contributed by atoms with Crippen LogP contribution in [0.25, 0.3) is 0 Å². The van der Waals surface area contributed by atoms with Gasteiger partial charge in [-0.05, 0) is 31.4 Å². The van der Waals surface area contributed by atoms with Crippen molar-refractivity contribution in [2.24, 2.45) is 0 Å². The van der Waals surface area contributed by atoms with Crippen molar-refractivity contribution in [3.8, 4) is 0 Å². The monoisotopic (exact) mass is 245 g/mol. The maximum absolute atomic E-state index is 9.82. The minimum absolute atomic E-state index is 0.590. The fraction of sp³-hybridized carbons (Fsp3) is 0.429. The molecule has 0 saturated carbocycles. The summed E-state index contributed by atoms with van der Waals surface area (Å²) in [7, 11) is 0. The molecule has 1 aromatic heterocycles. The van der Waals surface area contributed by atoms with Crippen molar-refractivity contribution in [1.82, 2.24) is 15.0 Å². The van der Waals surface area contributed by atoms with Gasteiger partial charge in [-0.15, -0.1) is 5.10 Å². The Morgan fingerprint density at radius 3 is 2.28 bits per heavy atom. The van der Waals surface area contributed by atoms with Gasteiger partial charge in [0.25, 0.3) is 0 Å². The SMILES string of the molecule is CCc1ccc(Cn2cc(C(C)(C)O)nn2)cc1. The van der Waals surface area contributed by atoms with Crippen molar-refractivity contribution in [2.75, 3.05) is 0 Å². The van der Waals surface area contributed by atoms with Crippen molar-refractivity contribution < 1.29 is 5.11 Å². The van der Waals surface area contributed by atoms with Gasteiger partial charge in [0.2, 0.25) is 0 Å². The molecule has 0 amide bonds. The van der Waals surface area contributed by atoms with Crippen molar-refractivity contribution in [2.45, 2.75) is 39.3 Å². The van der Waals surface area contributed by atoms with Gasteiger partial charge in [0, 0.05) is 0 Å². The van der Waals surface area contributed by atoms with Crippen molar-refractivity contribution in [1.29, 1.82) is 0 Å². The van der Waals surface area contributed by atoms with Crippen molar-refractivity contribution in [3.63, 3.8) is 0 Å². The van der Waals surface area contributed by atoms with Crippen LogP contribution in [-0.4, -0.2) is 20.1 Å². The van der Waals surface area contributed by atoms with E-state index in [2.05, 4.69) is 41.5 Å². The minimum atomic E-state index is -0.940. The second-order valence-corrected chi connectivity index (χ2v) is 5.03. The van der Waals surface area contributed by atoms with Crippen LogP contribution in [-0.2, 0) is 18.6 Å². The molecule has 0 unspecified atom stereocenters. The Hall–Kier alpha value is -1.68. The summed E-state index contributed by atoms with van der Waals surface area (Å²) in [4.78, 5) is 0. The Balaban J connectivity index is 2.11. The molecule has 2 aromatic rings. The highest BCUT2D eigenvalue weighted by atomic mass is 16.3. The smallest absolute Gasteiger partial charge is 0.114 e. The number of aryl methyl sites for hydroxylation is 1. The topological polar surface area (TPSA) is 50.9 Å². The van der Waals surface area contributed by atoms with Crippen molar-refractivity contribution >= 4 is 0 Å². The third kappa shape index (κ3) is 2.96. The molecule has 1 aromatic carbocycles. The minimum Gasteiger partial charge on any atom is -0.384 e. The predicted octanol–water partition coefficient (Wildman–Crippen LogP) is 2.12. The maximum atomic E-state index is 9.82. The van der Waals surface area contributed by atoms with Gasteiger partial charge in [-0.1, -0.05) is 36.4 Å². The molecule has 0 aliphatic rings. The fourth-order valence-corrected chi connectivity index (χ4v) is 1.72. The zero-order chi connectivity index (χ0) is 13.2. The van der Waals surface area contributed by atoms with E-state index in [1.54, 1.807) is 24.7 Å². The lowest BCUT2D eigenvalue weighted by Gasteiger charge is -2.11. The van der Waals surface area contributed by atoms with Gasteiger partial charge in [0.15, 0.2) is 0 Å². The van der Waals surface area contributed by atoms with Gasteiger partial charge >= 0.3 is 0 Å². The molecule has 0 bridgehead atoms. The van der Waals surface area contributed by atoms with E-state index < -0.39 is 5.60 Å². The first kappa shape index (κ1) is 12.8. The quantitative estimate of drug-likeness (QED) is 0.897. The van der Waals surface area contributed by atoms with Gasteiger partial charge in [0.05, 0.1) is 12.7 Å².